The van der Waals surface area contributed by atoms with Gasteiger partial charge in [0.2, 0.25) is 15.9 Å². The van der Waals surface area contributed by atoms with E-state index in [2.05, 4.69) is 4.98 Å². The Morgan fingerprint density at radius 2 is 2.11 bits per heavy atom. The van der Waals surface area contributed by atoms with Gasteiger partial charge in [-0.1, -0.05) is 18.2 Å². The number of rotatable bonds is 5. The minimum Gasteiger partial charge on any atom is -0.340 e. The van der Waals surface area contributed by atoms with E-state index < -0.39 is 10.0 Å². The molecule has 0 bridgehead atoms. The van der Waals surface area contributed by atoms with Gasteiger partial charge < -0.3 is 4.90 Å². The zero-order valence-electron chi connectivity index (χ0n) is 16.2. The molecule has 0 radical (unpaired) electrons. The number of aromatic nitrogens is 1. The number of sulfonamides is 1. The summed E-state index contributed by atoms with van der Waals surface area (Å²) in [5, 5.41) is 0. The molecule has 6 nitrogen and oxygen atoms in total. The lowest BCUT2D eigenvalue weighted by molar-refractivity contribution is -0.132. The molecule has 7 heteroatoms. The van der Waals surface area contributed by atoms with E-state index in [1.54, 1.807) is 40.6 Å². The maximum absolute atomic E-state index is 13.0. The average molecular weight is 400 g/mol. The van der Waals surface area contributed by atoms with E-state index in [9.17, 15) is 13.2 Å². The zero-order valence-corrected chi connectivity index (χ0v) is 17.0. The third kappa shape index (κ3) is 3.44. The first kappa shape index (κ1) is 19.1. The van der Waals surface area contributed by atoms with Crippen LogP contribution in [0.5, 0.6) is 0 Å². The van der Waals surface area contributed by atoms with E-state index in [4.69, 9.17) is 0 Å². The molecule has 1 aromatic heterocycles. The van der Waals surface area contributed by atoms with Crippen LogP contribution in [0.15, 0.2) is 53.6 Å². The van der Waals surface area contributed by atoms with E-state index >= 15 is 0 Å². The Labute approximate surface area is 166 Å². The Morgan fingerprint density at radius 1 is 1.29 bits per heavy atom. The Balaban J connectivity index is 1.42. The monoisotopic (exact) mass is 399 g/mol. The molecule has 1 saturated carbocycles. The summed E-state index contributed by atoms with van der Waals surface area (Å²) in [4.78, 5) is 19.2. The van der Waals surface area contributed by atoms with Crippen LogP contribution in [0.1, 0.15) is 24.1 Å². The van der Waals surface area contributed by atoms with Crippen molar-refractivity contribution >= 4 is 15.9 Å². The van der Waals surface area contributed by atoms with Crippen LogP contribution in [0.2, 0.25) is 0 Å². The van der Waals surface area contributed by atoms with Crippen LogP contribution in [0.3, 0.4) is 0 Å². The van der Waals surface area contributed by atoms with Crippen LogP contribution in [0.25, 0.3) is 0 Å². The molecule has 1 spiro atoms. The quantitative estimate of drug-likeness (QED) is 0.774. The molecule has 28 heavy (non-hydrogen) atoms. The Bertz CT molecular complexity index is 993. The first-order valence-electron chi connectivity index (χ1n) is 9.54. The number of amides is 1. The summed E-state index contributed by atoms with van der Waals surface area (Å²) in [5.74, 6) is -0.0145. The molecule has 2 atom stereocenters. The van der Waals surface area contributed by atoms with Crippen molar-refractivity contribution in [2.45, 2.75) is 31.2 Å². The van der Waals surface area contributed by atoms with Gasteiger partial charge in [0.05, 0.1) is 17.1 Å². The number of hydrogen-bond donors (Lipinski definition) is 0. The molecule has 1 saturated heterocycles. The molecule has 2 fully saturated rings. The highest BCUT2D eigenvalue weighted by molar-refractivity contribution is 7.89. The fourth-order valence-corrected chi connectivity index (χ4v) is 5.86. The highest BCUT2D eigenvalue weighted by atomic mass is 32.2. The molecule has 2 aliphatic rings. The molecule has 1 aliphatic heterocycles. The maximum Gasteiger partial charge on any atom is 0.243 e. The first-order valence-corrected chi connectivity index (χ1v) is 11.0. The van der Waals surface area contributed by atoms with Crippen molar-refractivity contribution in [2.24, 2.45) is 11.3 Å². The average Bonchev–Trinajstić information content (AvgIpc) is 3.20. The molecular formula is C21H25N3O3S. The van der Waals surface area contributed by atoms with Gasteiger partial charge in [-0.3, -0.25) is 9.78 Å². The maximum atomic E-state index is 13.0. The summed E-state index contributed by atoms with van der Waals surface area (Å²) in [6.07, 6.45) is 3.22. The van der Waals surface area contributed by atoms with Gasteiger partial charge in [0.25, 0.3) is 0 Å². The fraction of sp³-hybridized carbons (Fsp3) is 0.429. The van der Waals surface area contributed by atoms with Crippen molar-refractivity contribution in [2.75, 3.05) is 20.1 Å². The van der Waals surface area contributed by atoms with Crippen molar-refractivity contribution in [1.29, 1.82) is 0 Å². The van der Waals surface area contributed by atoms with Crippen molar-refractivity contribution in [3.8, 4) is 0 Å². The lowest BCUT2D eigenvalue weighted by Crippen LogP contribution is -2.32. The van der Waals surface area contributed by atoms with Crippen LogP contribution < -0.4 is 0 Å². The minimum absolute atomic E-state index is 0.0838. The number of benzene rings is 1. The normalized spacial score (nSPS) is 24.4. The number of nitrogens with zero attached hydrogens (tertiary/aromatic N) is 3. The van der Waals surface area contributed by atoms with Crippen molar-refractivity contribution < 1.29 is 13.2 Å². The zero-order chi connectivity index (χ0) is 19.9. The largest absolute Gasteiger partial charge is 0.340 e. The second-order valence-corrected chi connectivity index (χ2v) is 9.98. The molecule has 1 aliphatic carbocycles. The van der Waals surface area contributed by atoms with Crippen molar-refractivity contribution in [1.82, 2.24) is 14.2 Å². The molecule has 2 aromatic rings. The molecule has 0 N–H and O–H groups in total. The highest BCUT2D eigenvalue weighted by Crippen LogP contribution is 2.59. The van der Waals surface area contributed by atoms with Crippen molar-refractivity contribution in [3.05, 3.63) is 59.9 Å². The second kappa shape index (κ2) is 6.97. The van der Waals surface area contributed by atoms with E-state index in [0.717, 1.165) is 24.1 Å². The van der Waals surface area contributed by atoms with E-state index in [-0.39, 0.29) is 17.2 Å². The van der Waals surface area contributed by atoms with Crippen LogP contribution >= 0.6 is 0 Å². The summed E-state index contributed by atoms with van der Waals surface area (Å²) >= 11 is 0. The number of aryl methyl sites for hydroxylation is 1. The van der Waals surface area contributed by atoms with Crippen LogP contribution in [-0.4, -0.2) is 48.7 Å². The third-order valence-electron chi connectivity index (χ3n) is 5.97. The third-order valence-corrected chi connectivity index (χ3v) is 7.81. The lowest BCUT2D eigenvalue weighted by atomic mass is 10.0. The topological polar surface area (TPSA) is 70.6 Å². The first-order chi connectivity index (χ1) is 13.3. The standard InChI is InChI=1S/C21H25N3O3S/c1-16-6-5-8-18(12-16)28(26,27)24-11-9-21(15-24)13-19(21)20(25)23(2)14-17-7-3-4-10-22-17/h3-8,10,12,19H,9,11,13-15H2,1-2H3/t19-,21-/m1/s1. The van der Waals surface area contributed by atoms with Crippen LogP contribution in [0.4, 0.5) is 0 Å². The van der Waals surface area contributed by atoms with Crippen LogP contribution in [-0.2, 0) is 21.4 Å². The smallest absolute Gasteiger partial charge is 0.243 e. The molecule has 1 aromatic carbocycles. The van der Waals surface area contributed by atoms with E-state index in [1.807, 2.05) is 31.2 Å². The Morgan fingerprint density at radius 3 is 2.82 bits per heavy atom. The van der Waals surface area contributed by atoms with Gasteiger partial charge in [-0.2, -0.15) is 4.31 Å². The molecule has 148 valence electrons. The molecule has 2 heterocycles. The van der Waals surface area contributed by atoms with Gasteiger partial charge in [0.1, 0.15) is 0 Å². The Hall–Kier alpha value is -2.25. The number of carbonyl (C=O) groups is 1. The molecule has 4 rings (SSSR count). The van der Waals surface area contributed by atoms with Gasteiger partial charge >= 0.3 is 0 Å². The summed E-state index contributed by atoms with van der Waals surface area (Å²) in [6.45, 7) is 3.26. The highest BCUT2D eigenvalue weighted by Gasteiger charge is 2.62. The lowest BCUT2D eigenvalue weighted by Gasteiger charge is -2.19. The van der Waals surface area contributed by atoms with Gasteiger partial charge in [-0.15, -0.1) is 0 Å². The minimum atomic E-state index is -3.51. The Kier molecular flexibility index (Phi) is 4.75. The predicted molar refractivity (Wildman–Crippen MR) is 106 cm³/mol. The summed E-state index contributed by atoms with van der Waals surface area (Å²) in [7, 11) is -1.72. The number of pyridine rings is 1. The van der Waals surface area contributed by atoms with E-state index in [1.165, 1.54) is 0 Å². The van der Waals surface area contributed by atoms with Crippen molar-refractivity contribution in [3.63, 3.8) is 0 Å². The summed E-state index contributed by atoms with van der Waals surface area (Å²) in [6, 6.07) is 12.7. The number of carbonyl (C=O) groups excluding carboxylic acids is 1. The molecule has 1 amide bonds. The number of hydrogen-bond acceptors (Lipinski definition) is 4. The van der Waals surface area contributed by atoms with Gasteiger partial charge in [0, 0.05) is 32.3 Å². The SMILES string of the molecule is Cc1cccc(S(=O)(=O)N2CC[C@@]3(C[C@@H]3C(=O)N(C)Cc3ccccn3)C2)c1. The predicted octanol–water partition coefficient (Wildman–Crippen LogP) is 2.45. The molecular weight excluding hydrogens is 374 g/mol. The van der Waals surface area contributed by atoms with Gasteiger partial charge in [-0.25, -0.2) is 8.42 Å². The van der Waals surface area contributed by atoms with Gasteiger partial charge in [-0.05, 0) is 55.0 Å². The molecule has 0 unspecified atom stereocenters. The summed E-state index contributed by atoms with van der Waals surface area (Å²) < 4.78 is 27.5. The van der Waals surface area contributed by atoms with Crippen LogP contribution in [0, 0.1) is 18.3 Å². The van der Waals surface area contributed by atoms with Gasteiger partial charge in [0.15, 0.2) is 0 Å². The summed E-state index contributed by atoms with van der Waals surface area (Å²) in [5.41, 5.74) is 1.57. The fourth-order valence-electron chi connectivity index (χ4n) is 4.21. The van der Waals surface area contributed by atoms with E-state index in [0.29, 0.717) is 24.5 Å². The second-order valence-electron chi connectivity index (χ2n) is 8.04.